The van der Waals surface area contributed by atoms with Gasteiger partial charge >= 0.3 is 0 Å². The third-order valence-corrected chi connectivity index (χ3v) is 6.95. The Bertz CT molecular complexity index is 1540. The molecule has 0 aliphatic carbocycles. The molecule has 2 saturated heterocycles. The van der Waals surface area contributed by atoms with Crippen LogP contribution in [0.4, 0.5) is 20.3 Å². The molecule has 4 heterocycles. The van der Waals surface area contributed by atoms with E-state index in [-0.39, 0.29) is 54.2 Å². The normalized spacial score (nSPS) is 18.1. The Morgan fingerprint density at radius 2 is 1.85 bits per heavy atom. The minimum absolute atomic E-state index is 0. The van der Waals surface area contributed by atoms with Gasteiger partial charge in [0, 0.05) is 55.4 Å². The summed E-state index contributed by atoms with van der Waals surface area (Å²) in [5.74, 6) is -1.83. The Hall–Kier alpha value is -3.51. The molecule has 2 fully saturated rings. The summed E-state index contributed by atoms with van der Waals surface area (Å²) in [6.45, 7) is 4.51. The number of methoxy groups -OCH3 is 1. The number of nitrogens with one attached hydrogen (secondary N) is 2. The van der Waals surface area contributed by atoms with Gasteiger partial charge < -0.3 is 25.0 Å². The summed E-state index contributed by atoms with van der Waals surface area (Å²) in [7, 11) is 1.28. The van der Waals surface area contributed by atoms with E-state index in [1.165, 1.54) is 25.4 Å². The van der Waals surface area contributed by atoms with Crippen molar-refractivity contribution in [3.63, 3.8) is 0 Å². The lowest BCUT2D eigenvalue weighted by atomic mass is 10.0. The largest absolute Gasteiger partial charge is 0.494 e. The fraction of sp³-hybridized carbons (Fsp3) is 0.296. The van der Waals surface area contributed by atoms with Crippen LogP contribution in [-0.4, -0.2) is 70.7 Å². The summed E-state index contributed by atoms with van der Waals surface area (Å²) >= 11 is 0. The maximum Gasteiger partial charge on any atom is 0.254 e. The van der Waals surface area contributed by atoms with E-state index in [0.717, 1.165) is 18.7 Å². The zero-order chi connectivity index (χ0) is 26.4. The van der Waals surface area contributed by atoms with Crippen LogP contribution in [0.5, 0.6) is 5.75 Å². The number of hydrogen-bond acceptors (Lipinski definition) is 7. The summed E-state index contributed by atoms with van der Waals surface area (Å²) in [5, 5.41) is 6.58. The highest BCUT2D eigenvalue weighted by Crippen LogP contribution is 2.32. The Labute approximate surface area is 241 Å². The van der Waals surface area contributed by atoms with Gasteiger partial charge in [-0.15, -0.1) is 24.8 Å². The van der Waals surface area contributed by atoms with Crippen molar-refractivity contribution in [1.29, 1.82) is 0 Å². The highest BCUT2D eigenvalue weighted by molar-refractivity contribution is 5.96. The van der Waals surface area contributed by atoms with Crippen LogP contribution in [0.2, 0.25) is 0 Å². The number of hydrogen-bond donors (Lipinski definition) is 2. The molecule has 40 heavy (non-hydrogen) atoms. The standard InChI is InChI=1S/C27H26F2N6O3.2ClH/c1-15-9-16(3-4-19(15)27(36)34-13-17-10-30-11-18(14-34)38-17)33-25-26-32-12-21(35(26)8-7-31-25)20-5-6-22(37-2)24(29)23(20)28;;/h3-9,12,17-18,30H,10-11,13-14H2,1-2H3,(H,31,33);2*1H/t17-,18+;;. The monoisotopic (exact) mass is 592 g/mol. The number of carbonyl (C=O) groups is 1. The fourth-order valence-corrected chi connectivity index (χ4v) is 5.10. The molecule has 2 aliphatic rings. The number of amides is 1. The van der Waals surface area contributed by atoms with E-state index in [9.17, 15) is 13.6 Å². The average molecular weight is 593 g/mol. The van der Waals surface area contributed by atoms with E-state index >= 15 is 0 Å². The number of aryl methyl sites for hydroxylation is 1. The van der Waals surface area contributed by atoms with E-state index in [2.05, 4.69) is 20.6 Å². The topological polar surface area (TPSA) is 93.0 Å². The summed E-state index contributed by atoms with van der Waals surface area (Å²) in [6, 6.07) is 8.32. The molecule has 0 unspecified atom stereocenters. The second-order valence-corrected chi connectivity index (χ2v) is 9.46. The second-order valence-electron chi connectivity index (χ2n) is 9.46. The van der Waals surface area contributed by atoms with Crippen LogP contribution in [0.1, 0.15) is 15.9 Å². The van der Waals surface area contributed by atoms with Gasteiger partial charge in [-0.25, -0.2) is 14.4 Å². The lowest BCUT2D eigenvalue weighted by molar-refractivity contribution is -0.0930. The first kappa shape index (κ1) is 29.5. The van der Waals surface area contributed by atoms with Crippen LogP contribution in [0.3, 0.4) is 0 Å². The van der Waals surface area contributed by atoms with Gasteiger partial charge in [-0.05, 0) is 42.8 Å². The van der Waals surface area contributed by atoms with Crippen molar-refractivity contribution < 1.29 is 23.0 Å². The van der Waals surface area contributed by atoms with Crippen molar-refractivity contribution in [3.05, 3.63) is 71.7 Å². The van der Waals surface area contributed by atoms with Crippen molar-refractivity contribution in [1.82, 2.24) is 24.6 Å². The number of anilines is 2. The average Bonchev–Trinajstić information content (AvgIpc) is 3.35. The van der Waals surface area contributed by atoms with E-state index in [4.69, 9.17) is 9.47 Å². The SMILES string of the molecule is COc1ccc(-c2cnc3c(Nc4ccc(C(=O)N5C[C@H]6CNC[C@@H](C5)O6)c(C)c4)nccn23)c(F)c1F.Cl.Cl. The lowest BCUT2D eigenvalue weighted by Gasteiger charge is -2.42. The number of fused-ring (bicyclic) bond motifs is 3. The maximum atomic E-state index is 14.8. The minimum Gasteiger partial charge on any atom is -0.494 e. The van der Waals surface area contributed by atoms with Gasteiger partial charge in [0.25, 0.3) is 5.91 Å². The van der Waals surface area contributed by atoms with Crippen LogP contribution < -0.4 is 15.4 Å². The first-order valence-electron chi connectivity index (χ1n) is 12.3. The molecule has 0 radical (unpaired) electrons. The molecule has 1 amide bonds. The molecule has 2 aromatic carbocycles. The van der Waals surface area contributed by atoms with Crippen molar-refractivity contribution in [3.8, 4) is 17.0 Å². The zero-order valence-electron chi connectivity index (χ0n) is 21.7. The van der Waals surface area contributed by atoms with E-state index < -0.39 is 11.6 Å². The Morgan fingerprint density at radius 3 is 2.55 bits per heavy atom. The fourth-order valence-electron chi connectivity index (χ4n) is 5.10. The smallest absolute Gasteiger partial charge is 0.254 e. The van der Waals surface area contributed by atoms with Crippen LogP contribution >= 0.6 is 24.8 Å². The maximum absolute atomic E-state index is 14.8. The molecule has 0 saturated carbocycles. The van der Waals surface area contributed by atoms with Crippen molar-refractivity contribution in [2.24, 2.45) is 0 Å². The quantitative estimate of drug-likeness (QED) is 0.355. The van der Waals surface area contributed by atoms with Gasteiger partial charge in [0.1, 0.15) is 0 Å². The van der Waals surface area contributed by atoms with Gasteiger partial charge in [0.15, 0.2) is 23.0 Å². The summed E-state index contributed by atoms with van der Waals surface area (Å²) < 4.78 is 41.5. The minimum atomic E-state index is -1.06. The number of halogens is 4. The van der Waals surface area contributed by atoms with Crippen molar-refractivity contribution in [2.45, 2.75) is 19.1 Å². The molecule has 4 aromatic rings. The van der Waals surface area contributed by atoms with Crippen molar-refractivity contribution in [2.75, 3.05) is 38.6 Å². The number of imidazole rings is 1. The first-order chi connectivity index (χ1) is 18.4. The summed E-state index contributed by atoms with van der Waals surface area (Å²) in [5.41, 5.74) is 3.02. The highest BCUT2D eigenvalue weighted by Gasteiger charge is 2.34. The lowest BCUT2D eigenvalue weighted by Crippen LogP contribution is -2.59. The number of carbonyl (C=O) groups excluding carboxylic acids is 1. The Morgan fingerprint density at radius 1 is 1.10 bits per heavy atom. The van der Waals surface area contributed by atoms with E-state index in [1.807, 2.05) is 24.0 Å². The second kappa shape index (κ2) is 11.9. The highest BCUT2D eigenvalue weighted by atomic mass is 35.5. The molecule has 13 heteroatoms. The van der Waals surface area contributed by atoms with Gasteiger partial charge in [-0.2, -0.15) is 4.39 Å². The number of benzene rings is 2. The first-order valence-corrected chi connectivity index (χ1v) is 12.3. The van der Waals surface area contributed by atoms with E-state index in [0.29, 0.717) is 41.5 Å². The molecule has 0 spiro atoms. The number of rotatable bonds is 5. The van der Waals surface area contributed by atoms with Gasteiger partial charge in [0.05, 0.1) is 31.2 Å². The Kier molecular flexibility index (Phi) is 8.79. The molecular weight excluding hydrogens is 565 g/mol. The zero-order valence-corrected chi connectivity index (χ0v) is 23.3. The molecule has 2 atom stereocenters. The van der Waals surface area contributed by atoms with Crippen molar-refractivity contribution >= 4 is 47.9 Å². The predicted octanol–water partition coefficient (Wildman–Crippen LogP) is 4.39. The number of nitrogens with zero attached hydrogens (tertiary/aromatic N) is 4. The van der Waals surface area contributed by atoms with E-state index in [1.54, 1.807) is 22.9 Å². The third kappa shape index (κ3) is 5.29. The van der Waals surface area contributed by atoms with Gasteiger partial charge in [0.2, 0.25) is 5.82 Å². The number of morpholine rings is 2. The molecule has 2 aliphatic heterocycles. The van der Waals surface area contributed by atoms with Crippen LogP contribution in [0, 0.1) is 18.6 Å². The van der Waals surface area contributed by atoms with Gasteiger partial charge in [-0.1, -0.05) is 0 Å². The molecule has 2 aromatic heterocycles. The Balaban J connectivity index is 0.00000185. The van der Waals surface area contributed by atoms with Gasteiger partial charge in [-0.3, -0.25) is 9.20 Å². The molecular formula is C27H28Cl2F2N6O3. The van der Waals surface area contributed by atoms with Crippen LogP contribution in [0.15, 0.2) is 48.9 Å². The molecule has 2 bridgehead atoms. The summed E-state index contributed by atoms with van der Waals surface area (Å²) in [6.07, 6.45) is 4.67. The molecule has 212 valence electrons. The summed E-state index contributed by atoms with van der Waals surface area (Å²) in [4.78, 5) is 23.9. The van der Waals surface area contributed by atoms with Crippen LogP contribution in [0.25, 0.3) is 16.9 Å². The number of ether oxygens (including phenoxy) is 2. The molecule has 2 N–H and O–H groups in total. The molecule has 6 rings (SSSR count). The predicted molar refractivity (Wildman–Crippen MR) is 151 cm³/mol. The number of aromatic nitrogens is 3. The third-order valence-electron chi connectivity index (χ3n) is 6.95. The molecule has 9 nitrogen and oxygen atoms in total. The van der Waals surface area contributed by atoms with Crippen LogP contribution in [-0.2, 0) is 4.74 Å².